The molecule has 1 aliphatic heterocycles. The molecular weight excluding hydrogens is 527 g/mol. The van der Waals surface area contributed by atoms with Gasteiger partial charge in [0, 0.05) is 48.5 Å². The molecule has 35 heavy (non-hydrogen) atoms. The Labute approximate surface area is 224 Å². The number of thiocarbonyl (C=S) groups is 1. The number of nitrogens with one attached hydrogen (secondary N) is 2. The maximum atomic E-state index is 12.3. The number of hydrogen-bond acceptors (Lipinski definition) is 5. The third-order valence-corrected chi connectivity index (χ3v) is 6.56. The number of carbonyl (C=O) groups excluding carboxylic acids is 1. The average Bonchev–Trinajstić information content (AvgIpc) is 3.27. The zero-order chi connectivity index (χ0) is 24.9. The summed E-state index contributed by atoms with van der Waals surface area (Å²) >= 11 is 23.9. The van der Waals surface area contributed by atoms with E-state index in [1.807, 2.05) is 12.1 Å². The van der Waals surface area contributed by atoms with E-state index in [0.29, 0.717) is 37.8 Å². The molecule has 0 aliphatic carbocycles. The lowest BCUT2D eigenvalue weighted by atomic mass is 10.2. The highest BCUT2D eigenvalue weighted by Gasteiger charge is 2.17. The first kappa shape index (κ1) is 25.5. The first-order valence-corrected chi connectivity index (χ1v) is 12.4. The second-order valence-corrected chi connectivity index (χ2v) is 9.72. The summed E-state index contributed by atoms with van der Waals surface area (Å²) in [6.07, 6.45) is 2.89. The summed E-state index contributed by atoms with van der Waals surface area (Å²) in [6.45, 7) is 3.84. The SMILES string of the molecule is CN1CCN(c2ccc(NC(=S)NC(=O)/C=C/c3ccc(-c4ccc(Cl)cc4Cl)o3)cc2Cl)CC1. The fourth-order valence-electron chi connectivity index (χ4n) is 3.64. The number of halogens is 3. The number of benzene rings is 2. The smallest absolute Gasteiger partial charge is 0.250 e. The number of amides is 1. The van der Waals surface area contributed by atoms with Gasteiger partial charge < -0.3 is 19.5 Å². The minimum absolute atomic E-state index is 0.163. The second kappa shape index (κ2) is 11.5. The van der Waals surface area contributed by atoms with Crippen LogP contribution in [-0.4, -0.2) is 49.1 Å². The van der Waals surface area contributed by atoms with Crippen LogP contribution in [0.25, 0.3) is 17.4 Å². The van der Waals surface area contributed by atoms with Crippen molar-refractivity contribution in [1.82, 2.24) is 10.2 Å². The van der Waals surface area contributed by atoms with E-state index in [0.717, 1.165) is 31.9 Å². The zero-order valence-corrected chi connectivity index (χ0v) is 21.9. The van der Waals surface area contributed by atoms with Gasteiger partial charge in [0.15, 0.2) is 5.11 Å². The summed E-state index contributed by atoms with van der Waals surface area (Å²) in [6, 6.07) is 14.3. The number of nitrogens with zero attached hydrogens (tertiary/aromatic N) is 2. The molecular formula is C25H23Cl3N4O2S. The van der Waals surface area contributed by atoms with Crippen molar-refractivity contribution in [2.45, 2.75) is 0 Å². The lowest BCUT2D eigenvalue weighted by Crippen LogP contribution is -2.44. The summed E-state index contributed by atoms with van der Waals surface area (Å²) in [5.74, 6) is 0.664. The molecule has 0 bridgehead atoms. The van der Waals surface area contributed by atoms with Crippen LogP contribution in [0.3, 0.4) is 0 Å². The maximum absolute atomic E-state index is 12.3. The van der Waals surface area contributed by atoms with E-state index in [1.54, 1.807) is 42.5 Å². The molecule has 1 fully saturated rings. The molecule has 1 saturated heterocycles. The van der Waals surface area contributed by atoms with Gasteiger partial charge >= 0.3 is 0 Å². The molecule has 0 atom stereocenters. The van der Waals surface area contributed by atoms with E-state index in [4.69, 9.17) is 51.4 Å². The first-order valence-electron chi connectivity index (χ1n) is 10.9. The van der Waals surface area contributed by atoms with Crippen molar-refractivity contribution in [3.63, 3.8) is 0 Å². The Morgan fingerprint density at radius 3 is 2.49 bits per heavy atom. The van der Waals surface area contributed by atoms with Gasteiger partial charge in [-0.25, -0.2) is 0 Å². The quantitative estimate of drug-likeness (QED) is 0.293. The van der Waals surface area contributed by atoms with Crippen LogP contribution < -0.4 is 15.5 Å². The molecule has 1 aliphatic rings. The first-order chi connectivity index (χ1) is 16.8. The van der Waals surface area contributed by atoms with Crippen LogP contribution >= 0.6 is 47.0 Å². The molecule has 10 heteroatoms. The van der Waals surface area contributed by atoms with Crippen molar-refractivity contribution in [3.8, 4) is 11.3 Å². The van der Waals surface area contributed by atoms with Gasteiger partial charge in [0.05, 0.1) is 15.7 Å². The number of anilines is 2. The fraction of sp³-hybridized carbons (Fsp3) is 0.200. The predicted molar refractivity (Wildman–Crippen MR) is 149 cm³/mol. The standard InChI is InChI=1S/C25H23Cl3N4O2S/c1-31-10-12-32(13-11-31)22-7-3-17(15-21(22)28)29-25(35)30-24(33)9-5-18-4-8-23(34-18)19-6-2-16(26)14-20(19)27/h2-9,14-15H,10-13H2,1H3,(H2,29,30,33,35)/b9-5+. The molecule has 2 heterocycles. The normalized spacial score (nSPS) is 14.3. The van der Waals surface area contributed by atoms with E-state index >= 15 is 0 Å². The topological polar surface area (TPSA) is 60.8 Å². The zero-order valence-electron chi connectivity index (χ0n) is 18.9. The molecule has 4 rings (SSSR count). The minimum atomic E-state index is -0.398. The number of hydrogen-bond donors (Lipinski definition) is 2. The molecule has 6 nitrogen and oxygen atoms in total. The van der Waals surface area contributed by atoms with Gasteiger partial charge in [-0.3, -0.25) is 10.1 Å². The Balaban J connectivity index is 1.31. The van der Waals surface area contributed by atoms with Crippen LogP contribution in [0.15, 0.2) is 59.0 Å². The van der Waals surface area contributed by atoms with Gasteiger partial charge in [-0.15, -0.1) is 0 Å². The van der Waals surface area contributed by atoms with Crippen molar-refractivity contribution in [3.05, 3.63) is 75.4 Å². The third kappa shape index (κ3) is 6.78. The number of likely N-dealkylation sites (N-methyl/N-ethyl adjacent to an activating group) is 1. The highest BCUT2D eigenvalue weighted by Crippen LogP contribution is 2.32. The molecule has 1 amide bonds. The molecule has 0 saturated carbocycles. The summed E-state index contributed by atoms with van der Waals surface area (Å²) < 4.78 is 5.76. The molecule has 182 valence electrons. The summed E-state index contributed by atoms with van der Waals surface area (Å²) in [5, 5.41) is 7.42. The Morgan fingerprint density at radius 1 is 1.00 bits per heavy atom. The van der Waals surface area contributed by atoms with Crippen LogP contribution in [0, 0.1) is 0 Å². The molecule has 0 unspecified atom stereocenters. The maximum Gasteiger partial charge on any atom is 0.250 e. The largest absolute Gasteiger partial charge is 0.457 e. The van der Waals surface area contributed by atoms with Crippen LogP contribution in [0.5, 0.6) is 0 Å². The van der Waals surface area contributed by atoms with Crippen LogP contribution in [0.1, 0.15) is 5.76 Å². The van der Waals surface area contributed by atoms with Crippen molar-refractivity contribution in [2.24, 2.45) is 0 Å². The summed E-state index contributed by atoms with van der Waals surface area (Å²) in [7, 11) is 2.11. The molecule has 0 radical (unpaired) electrons. The Hall–Kier alpha value is -2.55. The van der Waals surface area contributed by atoms with Gasteiger partial charge in [0.25, 0.3) is 0 Å². The highest BCUT2D eigenvalue weighted by atomic mass is 35.5. The van der Waals surface area contributed by atoms with E-state index in [2.05, 4.69) is 27.5 Å². The second-order valence-electron chi connectivity index (χ2n) is 8.06. The van der Waals surface area contributed by atoms with Gasteiger partial charge in [-0.1, -0.05) is 34.8 Å². The Bertz CT molecular complexity index is 1270. The minimum Gasteiger partial charge on any atom is -0.457 e. The molecule has 2 N–H and O–H groups in total. The van der Waals surface area contributed by atoms with Gasteiger partial charge in [0.2, 0.25) is 5.91 Å². The van der Waals surface area contributed by atoms with E-state index in [1.165, 1.54) is 6.08 Å². The lowest BCUT2D eigenvalue weighted by Gasteiger charge is -2.34. The number of rotatable bonds is 5. The summed E-state index contributed by atoms with van der Waals surface area (Å²) in [5.41, 5.74) is 2.39. The average molecular weight is 550 g/mol. The van der Waals surface area contributed by atoms with E-state index in [9.17, 15) is 4.79 Å². The summed E-state index contributed by atoms with van der Waals surface area (Å²) in [4.78, 5) is 16.8. The Kier molecular flexibility index (Phi) is 8.36. The predicted octanol–water partition coefficient (Wildman–Crippen LogP) is 6.19. The molecule has 0 spiro atoms. The van der Waals surface area contributed by atoms with Gasteiger partial charge in [-0.05, 0) is 73.9 Å². The van der Waals surface area contributed by atoms with Crippen LogP contribution in [0.2, 0.25) is 15.1 Å². The van der Waals surface area contributed by atoms with E-state index in [-0.39, 0.29) is 5.11 Å². The van der Waals surface area contributed by atoms with Crippen molar-refractivity contribution < 1.29 is 9.21 Å². The molecule has 1 aromatic heterocycles. The van der Waals surface area contributed by atoms with Crippen LogP contribution in [0.4, 0.5) is 11.4 Å². The fourth-order valence-corrected chi connectivity index (χ4v) is 4.66. The number of furan rings is 1. The van der Waals surface area contributed by atoms with Crippen LogP contribution in [-0.2, 0) is 4.79 Å². The Morgan fingerprint density at radius 2 is 1.77 bits per heavy atom. The molecule has 3 aromatic rings. The molecule has 2 aromatic carbocycles. The van der Waals surface area contributed by atoms with Crippen molar-refractivity contribution in [2.75, 3.05) is 43.4 Å². The van der Waals surface area contributed by atoms with Crippen molar-refractivity contribution >= 4 is 75.5 Å². The van der Waals surface area contributed by atoms with Crippen molar-refractivity contribution in [1.29, 1.82) is 0 Å². The number of carbonyl (C=O) groups is 1. The highest BCUT2D eigenvalue weighted by molar-refractivity contribution is 7.80. The van der Waals surface area contributed by atoms with Gasteiger partial charge in [0.1, 0.15) is 11.5 Å². The lowest BCUT2D eigenvalue weighted by molar-refractivity contribution is -0.115. The number of piperazine rings is 1. The third-order valence-electron chi connectivity index (χ3n) is 5.51. The van der Waals surface area contributed by atoms with Gasteiger partial charge in [-0.2, -0.15) is 0 Å². The monoisotopic (exact) mass is 548 g/mol. The van der Waals surface area contributed by atoms with E-state index < -0.39 is 5.91 Å².